The molecule has 1 N–H and O–H groups in total. The zero-order valence-electron chi connectivity index (χ0n) is 18.4. The zero-order valence-corrected chi connectivity index (χ0v) is 18.4. The number of hydrogen-bond acceptors (Lipinski definition) is 5. The van der Waals surface area contributed by atoms with Crippen LogP contribution in [-0.4, -0.2) is 42.1 Å². The van der Waals surface area contributed by atoms with Crippen molar-refractivity contribution in [1.29, 1.82) is 0 Å². The van der Waals surface area contributed by atoms with Crippen LogP contribution in [0.4, 0.5) is 17.5 Å². The van der Waals surface area contributed by atoms with Crippen LogP contribution in [0.15, 0.2) is 6.20 Å². The number of nitrogens with zero attached hydrogens (tertiary/aromatic N) is 4. The molecule has 29 heavy (non-hydrogen) atoms. The molecule has 0 atom stereocenters. The first-order chi connectivity index (χ1) is 14.0. The number of nitrogens with one attached hydrogen (secondary N) is 1. The Labute approximate surface area is 175 Å². The second-order valence-electron chi connectivity index (χ2n) is 9.94. The van der Waals surface area contributed by atoms with Gasteiger partial charge >= 0.3 is 0 Å². The molecule has 1 aromatic rings. The van der Waals surface area contributed by atoms with E-state index in [2.05, 4.69) is 29.0 Å². The van der Waals surface area contributed by atoms with Crippen LogP contribution < -0.4 is 15.1 Å². The molecule has 1 amide bonds. The van der Waals surface area contributed by atoms with Gasteiger partial charge in [0.2, 0.25) is 11.9 Å². The van der Waals surface area contributed by atoms with Gasteiger partial charge in [-0.25, -0.2) is 4.98 Å². The van der Waals surface area contributed by atoms with Crippen LogP contribution in [0.5, 0.6) is 0 Å². The van der Waals surface area contributed by atoms with Crippen LogP contribution in [0.25, 0.3) is 0 Å². The molecule has 2 heterocycles. The van der Waals surface area contributed by atoms with Gasteiger partial charge in [0.25, 0.3) is 0 Å². The summed E-state index contributed by atoms with van der Waals surface area (Å²) < 4.78 is 0. The lowest BCUT2D eigenvalue weighted by Gasteiger charge is -2.34. The monoisotopic (exact) mass is 399 g/mol. The maximum absolute atomic E-state index is 13.1. The van der Waals surface area contributed by atoms with E-state index in [0.29, 0.717) is 18.5 Å². The van der Waals surface area contributed by atoms with E-state index >= 15 is 0 Å². The summed E-state index contributed by atoms with van der Waals surface area (Å²) in [6, 6.07) is 0.470. The van der Waals surface area contributed by atoms with Crippen LogP contribution in [0.3, 0.4) is 0 Å². The fourth-order valence-corrected chi connectivity index (χ4v) is 5.41. The lowest BCUT2D eigenvalue weighted by atomic mass is 9.87. The maximum Gasteiger partial charge on any atom is 0.234 e. The molecular weight excluding hydrogens is 362 g/mol. The van der Waals surface area contributed by atoms with Gasteiger partial charge in [0.15, 0.2) is 5.82 Å². The normalized spacial score (nSPS) is 23.2. The van der Waals surface area contributed by atoms with Crippen molar-refractivity contribution in [2.45, 2.75) is 84.1 Å². The van der Waals surface area contributed by atoms with Gasteiger partial charge in [-0.2, -0.15) is 4.98 Å². The summed E-state index contributed by atoms with van der Waals surface area (Å²) in [4.78, 5) is 26.7. The lowest BCUT2D eigenvalue weighted by Crippen LogP contribution is -2.45. The third kappa shape index (κ3) is 4.36. The molecule has 0 radical (unpaired) electrons. The molecule has 0 bridgehead atoms. The van der Waals surface area contributed by atoms with E-state index in [1.54, 1.807) is 4.90 Å². The highest BCUT2D eigenvalue weighted by molar-refractivity contribution is 6.00. The van der Waals surface area contributed by atoms with Gasteiger partial charge in [0, 0.05) is 26.2 Å². The Morgan fingerprint density at radius 3 is 2.52 bits per heavy atom. The summed E-state index contributed by atoms with van der Waals surface area (Å²) in [6.07, 6.45) is 14.8. The van der Waals surface area contributed by atoms with Gasteiger partial charge in [-0.15, -0.1) is 0 Å². The average Bonchev–Trinajstić information content (AvgIpc) is 3.24. The smallest absolute Gasteiger partial charge is 0.234 e. The first kappa shape index (κ1) is 20.4. The fourth-order valence-electron chi connectivity index (χ4n) is 5.41. The van der Waals surface area contributed by atoms with Gasteiger partial charge in [0.1, 0.15) is 5.69 Å². The van der Waals surface area contributed by atoms with Crippen molar-refractivity contribution in [1.82, 2.24) is 9.97 Å². The average molecular weight is 400 g/mol. The van der Waals surface area contributed by atoms with Crippen molar-refractivity contribution in [2.24, 2.45) is 11.3 Å². The van der Waals surface area contributed by atoms with E-state index in [4.69, 9.17) is 4.98 Å². The molecular formula is C23H37N5O. The van der Waals surface area contributed by atoms with Crippen LogP contribution in [0, 0.1) is 11.3 Å². The van der Waals surface area contributed by atoms with E-state index in [1.165, 1.54) is 64.2 Å². The third-order valence-corrected chi connectivity index (χ3v) is 7.16. The largest absolute Gasteiger partial charge is 0.354 e. The SMILES string of the molecule is CN1C(=O)C(C)(C)CN(C2CCCC2)c2nc(NCCC3CCCCC3)ncc21. The van der Waals surface area contributed by atoms with E-state index in [0.717, 1.165) is 24.0 Å². The van der Waals surface area contributed by atoms with Crippen molar-refractivity contribution in [2.75, 3.05) is 35.3 Å². The number of amides is 1. The molecule has 0 saturated heterocycles. The first-order valence-electron chi connectivity index (χ1n) is 11.6. The van der Waals surface area contributed by atoms with Crippen LogP contribution >= 0.6 is 0 Å². The second-order valence-corrected chi connectivity index (χ2v) is 9.94. The Hall–Kier alpha value is -1.85. The Balaban J connectivity index is 1.55. The Morgan fingerprint density at radius 2 is 1.79 bits per heavy atom. The molecule has 2 fully saturated rings. The second kappa shape index (κ2) is 8.49. The summed E-state index contributed by atoms with van der Waals surface area (Å²) in [7, 11) is 1.86. The minimum absolute atomic E-state index is 0.140. The number of hydrogen-bond donors (Lipinski definition) is 1. The van der Waals surface area contributed by atoms with Crippen molar-refractivity contribution >= 4 is 23.4 Å². The van der Waals surface area contributed by atoms with Gasteiger partial charge in [-0.05, 0) is 39.0 Å². The lowest BCUT2D eigenvalue weighted by molar-refractivity contribution is -0.125. The summed E-state index contributed by atoms with van der Waals surface area (Å²) >= 11 is 0. The predicted octanol–water partition coefficient (Wildman–Crippen LogP) is 4.61. The molecule has 3 aliphatic rings. The standard InChI is InChI=1S/C23H37N5O/c1-23(2)16-28(18-11-7-8-12-18)20-19(27(3)21(23)29)15-25-22(26-20)24-14-13-17-9-5-4-6-10-17/h15,17-18H,4-14,16H2,1-3H3,(H,24,25,26). The number of carbonyl (C=O) groups is 1. The molecule has 2 saturated carbocycles. The molecule has 160 valence electrons. The summed E-state index contributed by atoms with van der Waals surface area (Å²) in [5.74, 6) is 2.61. The Morgan fingerprint density at radius 1 is 1.10 bits per heavy atom. The van der Waals surface area contributed by atoms with Crippen molar-refractivity contribution in [3.8, 4) is 0 Å². The van der Waals surface area contributed by atoms with Gasteiger partial charge in [-0.3, -0.25) is 4.79 Å². The fraction of sp³-hybridized carbons (Fsp3) is 0.783. The highest BCUT2D eigenvalue weighted by Crippen LogP contribution is 2.40. The molecule has 6 heteroatoms. The number of rotatable bonds is 5. The quantitative estimate of drug-likeness (QED) is 0.783. The van der Waals surface area contributed by atoms with Gasteiger partial charge in [-0.1, -0.05) is 44.9 Å². The molecule has 6 nitrogen and oxygen atoms in total. The zero-order chi connectivity index (χ0) is 20.4. The van der Waals surface area contributed by atoms with Crippen LogP contribution in [-0.2, 0) is 4.79 Å². The summed E-state index contributed by atoms with van der Waals surface area (Å²) in [5, 5.41) is 3.47. The predicted molar refractivity (Wildman–Crippen MR) is 119 cm³/mol. The number of carbonyl (C=O) groups excluding carboxylic acids is 1. The summed E-state index contributed by atoms with van der Waals surface area (Å²) in [6.45, 7) is 5.74. The molecule has 0 aromatic carbocycles. The van der Waals surface area contributed by atoms with E-state index in [1.807, 2.05) is 13.2 Å². The molecule has 0 unspecified atom stereocenters. The summed E-state index contributed by atoms with van der Waals surface area (Å²) in [5.41, 5.74) is 0.400. The highest BCUT2D eigenvalue weighted by Gasteiger charge is 2.41. The van der Waals surface area contributed by atoms with Crippen LogP contribution in [0.1, 0.15) is 78.1 Å². The Kier molecular flexibility index (Phi) is 5.98. The molecule has 0 spiro atoms. The minimum atomic E-state index is -0.438. The third-order valence-electron chi connectivity index (χ3n) is 7.16. The number of fused-ring (bicyclic) bond motifs is 1. The Bertz CT molecular complexity index is 722. The molecule has 2 aliphatic carbocycles. The van der Waals surface area contributed by atoms with E-state index < -0.39 is 5.41 Å². The van der Waals surface area contributed by atoms with Gasteiger partial charge in [0.05, 0.1) is 11.6 Å². The molecule has 4 rings (SSSR count). The topological polar surface area (TPSA) is 61.4 Å². The minimum Gasteiger partial charge on any atom is -0.354 e. The van der Waals surface area contributed by atoms with E-state index in [-0.39, 0.29) is 5.91 Å². The van der Waals surface area contributed by atoms with Gasteiger partial charge < -0.3 is 15.1 Å². The number of aromatic nitrogens is 2. The highest BCUT2D eigenvalue weighted by atomic mass is 16.2. The molecule has 1 aromatic heterocycles. The number of anilines is 3. The van der Waals surface area contributed by atoms with E-state index in [9.17, 15) is 4.79 Å². The molecule has 1 aliphatic heterocycles. The maximum atomic E-state index is 13.1. The van der Waals surface area contributed by atoms with Crippen molar-refractivity contribution in [3.05, 3.63) is 6.20 Å². The van der Waals surface area contributed by atoms with Crippen LogP contribution in [0.2, 0.25) is 0 Å². The van der Waals surface area contributed by atoms with Crippen molar-refractivity contribution < 1.29 is 4.79 Å². The van der Waals surface area contributed by atoms with Crippen molar-refractivity contribution in [3.63, 3.8) is 0 Å². The first-order valence-corrected chi connectivity index (χ1v) is 11.6.